The second kappa shape index (κ2) is 6.55. The molecule has 0 unspecified atom stereocenters. The molecule has 1 saturated carbocycles. The van der Waals surface area contributed by atoms with Crippen molar-refractivity contribution in [2.24, 2.45) is 17.8 Å². The highest BCUT2D eigenvalue weighted by molar-refractivity contribution is 6.04. The van der Waals surface area contributed by atoms with Crippen LogP contribution in [0, 0.1) is 17.8 Å². The van der Waals surface area contributed by atoms with Gasteiger partial charge in [-0.25, -0.2) is 0 Å². The van der Waals surface area contributed by atoms with Crippen LogP contribution < -0.4 is 10.6 Å². The number of benzene rings is 2. The van der Waals surface area contributed by atoms with Gasteiger partial charge >= 0.3 is 0 Å². The summed E-state index contributed by atoms with van der Waals surface area (Å²) in [5.74, 6) is 0.923. The largest absolute Gasteiger partial charge is 0.326 e. The van der Waals surface area contributed by atoms with Crippen LogP contribution in [0.25, 0.3) is 0 Å². The molecule has 2 bridgehead atoms. The maximum Gasteiger partial charge on any atom is 0.255 e. The normalized spacial score (nSPS) is 23.4. The van der Waals surface area contributed by atoms with E-state index in [1.807, 2.05) is 36.4 Å². The van der Waals surface area contributed by atoms with E-state index in [1.54, 1.807) is 18.2 Å². The third kappa shape index (κ3) is 3.33. The first-order valence-corrected chi connectivity index (χ1v) is 8.65. The molecule has 4 rings (SSSR count). The van der Waals surface area contributed by atoms with E-state index < -0.39 is 0 Å². The van der Waals surface area contributed by atoms with Crippen LogP contribution in [-0.2, 0) is 4.79 Å². The zero-order valence-electron chi connectivity index (χ0n) is 13.8. The minimum Gasteiger partial charge on any atom is -0.326 e. The second-order valence-electron chi connectivity index (χ2n) is 6.78. The standard InChI is InChI=1S/C21H20N2O2/c24-20(15-5-2-1-3-6-15)22-17-7-4-8-18(13-17)23-21(25)19-12-14-9-10-16(19)11-14/h1-10,13-14,16,19H,11-12H2,(H,22,24)(H,23,25)/t14-,16-,19+/m0/s1. The zero-order chi connectivity index (χ0) is 17.2. The summed E-state index contributed by atoms with van der Waals surface area (Å²) in [6.45, 7) is 0. The number of nitrogens with one attached hydrogen (secondary N) is 2. The molecule has 4 heteroatoms. The summed E-state index contributed by atoms with van der Waals surface area (Å²) in [6.07, 6.45) is 6.45. The fraction of sp³-hybridized carbons (Fsp3) is 0.238. The molecule has 1 fully saturated rings. The SMILES string of the molecule is O=C(Nc1cccc(NC(=O)[C@@H]2C[C@H]3C=C[C@H]2C3)c1)c1ccccc1. The average molecular weight is 332 g/mol. The fourth-order valence-electron chi connectivity index (χ4n) is 3.78. The number of allylic oxidation sites excluding steroid dienone is 2. The minimum absolute atomic E-state index is 0.0672. The third-order valence-corrected chi connectivity index (χ3v) is 5.04. The van der Waals surface area contributed by atoms with Crippen LogP contribution in [0.4, 0.5) is 11.4 Å². The number of carbonyl (C=O) groups is 2. The molecule has 2 aromatic carbocycles. The first kappa shape index (κ1) is 15.6. The molecule has 2 aromatic rings. The number of carbonyl (C=O) groups excluding carboxylic acids is 2. The van der Waals surface area contributed by atoms with Crippen LogP contribution >= 0.6 is 0 Å². The van der Waals surface area contributed by atoms with Gasteiger partial charge in [0.25, 0.3) is 5.91 Å². The van der Waals surface area contributed by atoms with Gasteiger partial charge in [-0.1, -0.05) is 36.4 Å². The van der Waals surface area contributed by atoms with Crippen molar-refractivity contribution in [3.05, 3.63) is 72.3 Å². The molecule has 0 radical (unpaired) electrons. The van der Waals surface area contributed by atoms with Gasteiger partial charge in [-0.2, -0.15) is 0 Å². The van der Waals surface area contributed by atoms with Crippen LogP contribution in [-0.4, -0.2) is 11.8 Å². The van der Waals surface area contributed by atoms with Crippen molar-refractivity contribution >= 4 is 23.2 Å². The van der Waals surface area contributed by atoms with E-state index in [1.165, 1.54) is 0 Å². The number of rotatable bonds is 4. The molecule has 0 spiro atoms. The smallest absolute Gasteiger partial charge is 0.255 e. The predicted octanol–water partition coefficient (Wildman–Crippen LogP) is 4.09. The quantitative estimate of drug-likeness (QED) is 0.829. The summed E-state index contributed by atoms with van der Waals surface area (Å²) in [7, 11) is 0. The Labute approximate surface area is 146 Å². The van der Waals surface area contributed by atoms with Gasteiger partial charge in [0.15, 0.2) is 0 Å². The second-order valence-corrected chi connectivity index (χ2v) is 6.78. The maximum absolute atomic E-state index is 12.5. The van der Waals surface area contributed by atoms with Crippen LogP contribution in [0.5, 0.6) is 0 Å². The Morgan fingerprint density at radius 2 is 1.60 bits per heavy atom. The molecule has 0 saturated heterocycles. The maximum atomic E-state index is 12.5. The average Bonchev–Trinajstić information content (AvgIpc) is 3.26. The van der Waals surface area contributed by atoms with Gasteiger partial charge in [-0.15, -0.1) is 0 Å². The Kier molecular flexibility index (Phi) is 4.10. The number of anilines is 2. The lowest BCUT2D eigenvalue weighted by molar-refractivity contribution is -0.120. The fourth-order valence-corrected chi connectivity index (χ4v) is 3.78. The Morgan fingerprint density at radius 3 is 2.28 bits per heavy atom. The van der Waals surface area contributed by atoms with Gasteiger partial charge in [-0.3, -0.25) is 9.59 Å². The van der Waals surface area contributed by atoms with Crippen LogP contribution in [0.3, 0.4) is 0 Å². The van der Waals surface area contributed by atoms with Gasteiger partial charge in [0.1, 0.15) is 0 Å². The molecule has 2 N–H and O–H groups in total. The van der Waals surface area contributed by atoms with Crippen molar-refractivity contribution in [1.29, 1.82) is 0 Å². The monoisotopic (exact) mass is 332 g/mol. The summed E-state index contributed by atoms with van der Waals surface area (Å²) in [6, 6.07) is 16.4. The molecule has 0 aliphatic heterocycles. The van der Waals surface area contributed by atoms with E-state index >= 15 is 0 Å². The van der Waals surface area contributed by atoms with Crippen molar-refractivity contribution in [2.45, 2.75) is 12.8 Å². The highest BCUT2D eigenvalue weighted by atomic mass is 16.2. The van der Waals surface area contributed by atoms with Crippen molar-refractivity contribution < 1.29 is 9.59 Å². The Balaban J connectivity index is 1.42. The van der Waals surface area contributed by atoms with E-state index in [4.69, 9.17) is 0 Å². The highest BCUT2D eigenvalue weighted by Crippen LogP contribution is 2.43. The summed E-state index contributed by atoms with van der Waals surface area (Å²) in [5.41, 5.74) is 1.98. The third-order valence-electron chi connectivity index (χ3n) is 5.04. The molecule has 126 valence electrons. The van der Waals surface area contributed by atoms with Crippen LogP contribution in [0.2, 0.25) is 0 Å². The minimum atomic E-state index is -0.165. The number of amides is 2. The first-order valence-electron chi connectivity index (χ1n) is 8.65. The van der Waals surface area contributed by atoms with Crippen molar-refractivity contribution in [2.75, 3.05) is 10.6 Å². The molecule has 3 atom stereocenters. The lowest BCUT2D eigenvalue weighted by Crippen LogP contribution is -2.25. The highest BCUT2D eigenvalue weighted by Gasteiger charge is 2.39. The number of hydrogen-bond acceptors (Lipinski definition) is 2. The number of hydrogen-bond donors (Lipinski definition) is 2. The molecule has 0 aromatic heterocycles. The Morgan fingerprint density at radius 1 is 0.840 bits per heavy atom. The zero-order valence-corrected chi connectivity index (χ0v) is 13.8. The summed E-state index contributed by atoms with van der Waals surface area (Å²) in [5, 5.41) is 5.86. The van der Waals surface area contributed by atoms with Crippen molar-refractivity contribution in [3.63, 3.8) is 0 Å². The Hall–Kier alpha value is -2.88. The van der Waals surface area contributed by atoms with E-state index in [9.17, 15) is 9.59 Å². The summed E-state index contributed by atoms with van der Waals surface area (Å²) < 4.78 is 0. The molecule has 0 heterocycles. The van der Waals surface area contributed by atoms with Crippen LogP contribution in [0.15, 0.2) is 66.7 Å². The molecule has 2 amide bonds. The van der Waals surface area contributed by atoms with Crippen LogP contribution in [0.1, 0.15) is 23.2 Å². The lowest BCUT2D eigenvalue weighted by atomic mass is 9.93. The van der Waals surface area contributed by atoms with Gasteiger partial charge in [0, 0.05) is 22.9 Å². The number of fused-ring (bicyclic) bond motifs is 2. The van der Waals surface area contributed by atoms with Gasteiger partial charge in [0.05, 0.1) is 0 Å². The lowest BCUT2D eigenvalue weighted by Gasteiger charge is -2.18. The van der Waals surface area contributed by atoms with Crippen molar-refractivity contribution in [3.8, 4) is 0 Å². The Bertz CT molecular complexity index is 829. The topological polar surface area (TPSA) is 58.2 Å². The summed E-state index contributed by atoms with van der Waals surface area (Å²) in [4.78, 5) is 24.8. The molecular weight excluding hydrogens is 312 g/mol. The van der Waals surface area contributed by atoms with Gasteiger partial charge < -0.3 is 10.6 Å². The first-order chi connectivity index (χ1) is 12.2. The van der Waals surface area contributed by atoms with E-state index in [0.717, 1.165) is 12.8 Å². The molecular formula is C21H20N2O2. The van der Waals surface area contributed by atoms with E-state index in [0.29, 0.717) is 28.8 Å². The molecule has 2 aliphatic rings. The predicted molar refractivity (Wildman–Crippen MR) is 98.3 cm³/mol. The molecule has 2 aliphatic carbocycles. The molecule has 25 heavy (non-hydrogen) atoms. The van der Waals surface area contributed by atoms with Gasteiger partial charge in [0.2, 0.25) is 5.91 Å². The van der Waals surface area contributed by atoms with Gasteiger partial charge in [-0.05, 0) is 55.0 Å². The molecule has 4 nitrogen and oxygen atoms in total. The van der Waals surface area contributed by atoms with E-state index in [-0.39, 0.29) is 17.7 Å². The van der Waals surface area contributed by atoms with Crippen molar-refractivity contribution in [1.82, 2.24) is 0 Å². The summed E-state index contributed by atoms with van der Waals surface area (Å²) >= 11 is 0. The van der Waals surface area contributed by atoms with E-state index in [2.05, 4.69) is 22.8 Å².